The van der Waals surface area contributed by atoms with Crippen LogP contribution in [0.15, 0.2) is 4.99 Å². The first-order valence-electron chi connectivity index (χ1n) is 6.66. The van der Waals surface area contributed by atoms with Crippen LogP contribution in [0.1, 0.15) is 40.5 Å². The summed E-state index contributed by atoms with van der Waals surface area (Å²) in [6.07, 6.45) is 2.32. The van der Waals surface area contributed by atoms with Crippen LogP contribution in [0.25, 0.3) is 0 Å². The van der Waals surface area contributed by atoms with Gasteiger partial charge in [0.2, 0.25) is 0 Å². The average molecular weight is 243 g/mol. The van der Waals surface area contributed by atoms with Crippen LogP contribution in [0.4, 0.5) is 0 Å². The molecule has 4 heteroatoms. The molecule has 1 atom stereocenters. The van der Waals surface area contributed by atoms with Crippen molar-refractivity contribution in [3.8, 4) is 0 Å². The van der Waals surface area contributed by atoms with Crippen LogP contribution in [0.2, 0.25) is 0 Å². The Labute approximate surface area is 106 Å². The monoisotopic (exact) mass is 243 g/mol. The number of nitrogens with zero attached hydrogens (tertiary/aromatic N) is 1. The lowest BCUT2D eigenvalue weighted by atomic mass is 10.1. The molecule has 0 bridgehead atoms. The molecule has 0 amide bonds. The number of hydrogen-bond acceptors (Lipinski definition) is 2. The Balaban J connectivity index is 3.62. The van der Waals surface area contributed by atoms with Gasteiger partial charge in [0, 0.05) is 26.2 Å². The molecule has 0 aromatic rings. The van der Waals surface area contributed by atoms with Crippen LogP contribution >= 0.6 is 0 Å². The predicted octanol–water partition coefficient (Wildman–Crippen LogP) is 2.01. The summed E-state index contributed by atoms with van der Waals surface area (Å²) in [4.78, 5) is 4.18. The van der Waals surface area contributed by atoms with Crippen molar-refractivity contribution in [2.24, 2.45) is 10.9 Å². The number of nitrogens with one attached hydrogen (secondary N) is 2. The van der Waals surface area contributed by atoms with Gasteiger partial charge in [-0.1, -0.05) is 27.2 Å². The minimum atomic E-state index is 0.419. The fourth-order valence-electron chi connectivity index (χ4n) is 1.17. The van der Waals surface area contributed by atoms with E-state index in [-0.39, 0.29) is 0 Å². The third kappa shape index (κ3) is 8.98. The maximum Gasteiger partial charge on any atom is 0.191 e. The SMILES string of the molecule is CCCCOCCNC(=NC)NC(C)C(C)C. The molecule has 17 heavy (non-hydrogen) atoms. The van der Waals surface area contributed by atoms with Gasteiger partial charge in [-0.2, -0.15) is 0 Å². The molecule has 2 N–H and O–H groups in total. The highest BCUT2D eigenvalue weighted by Gasteiger charge is 2.08. The first kappa shape index (κ1) is 16.2. The van der Waals surface area contributed by atoms with Crippen molar-refractivity contribution in [2.75, 3.05) is 26.8 Å². The number of aliphatic imine (C=N–C) groups is 1. The van der Waals surface area contributed by atoms with E-state index in [1.165, 1.54) is 6.42 Å². The van der Waals surface area contributed by atoms with Gasteiger partial charge in [0.1, 0.15) is 0 Å². The summed E-state index contributed by atoms with van der Waals surface area (Å²) in [6, 6.07) is 0.419. The topological polar surface area (TPSA) is 45.6 Å². The van der Waals surface area contributed by atoms with E-state index in [4.69, 9.17) is 4.74 Å². The molecule has 4 nitrogen and oxygen atoms in total. The number of ether oxygens (including phenoxy) is 1. The van der Waals surface area contributed by atoms with Crippen molar-refractivity contribution in [1.29, 1.82) is 0 Å². The first-order chi connectivity index (χ1) is 8.11. The van der Waals surface area contributed by atoms with Crippen molar-refractivity contribution < 1.29 is 4.74 Å². The molecule has 0 radical (unpaired) electrons. The molecule has 0 spiro atoms. The Bertz CT molecular complexity index is 205. The van der Waals surface area contributed by atoms with Crippen LogP contribution in [0, 0.1) is 5.92 Å². The number of unbranched alkanes of at least 4 members (excludes halogenated alkanes) is 1. The minimum Gasteiger partial charge on any atom is -0.380 e. The summed E-state index contributed by atoms with van der Waals surface area (Å²) >= 11 is 0. The molecular formula is C13H29N3O. The molecule has 0 rings (SSSR count). The third-order valence-electron chi connectivity index (χ3n) is 2.77. The Morgan fingerprint density at radius 2 is 1.94 bits per heavy atom. The molecule has 0 aliphatic heterocycles. The normalized spacial score (nSPS) is 13.9. The van der Waals surface area contributed by atoms with Crippen molar-refractivity contribution >= 4 is 5.96 Å². The summed E-state index contributed by atoms with van der Waals surface area (Å²) in [5, 5.41) is 6.60. The second-order valence-electron chi connectivity index (χ2n) is 4.64. The molecule has 102 valence electrons. The van der Waals surface area contributed by atoms with Crippen LogP contribution < -0.4 is 10.6 Å². The molecule has 0 fully saturated rings. The lowest BCUT2D eigenvalue weighted by Gasteiger charge is -2.20. The summed E-state index contributed by atoms with van der Waals surface area (Å²) in [6.45, 7) is 11.1. The van der Waals surface area contributed by atoms with Crippen LogP contribution in [-0.2, 0) is 4.74 Å². The van der Waals surface area contributed by atoms with Crippen LogP contribution in [-0.4, -0.2) is 38.8 Å². The van der Waals surface area contributed by atoms with E-state index in [0.717, 1.165) is 32.1 Å². The highest BCUT2D eigenvalue weighted by Crippen LogP contribution is 1.98. The predicted molar refractivity (Wildman–Crippen MR) is 74.5 cm³/mol. The van der Waals surface area contributed by atoms with E-state index < -0.39 is 0 Å². The highest BCUT2D eigenvalue weighted by atomic mass is 16.5. The van der Waals surface area contributed by atoms with E-state index in [9.17, 15) is 0 Å². The zero-order valence-electron chi connectivity index (χ0n) is 12.0. The average Bonchev–Trinajstić information content (AvgIpc) is 2.31. The maximum absolute atomic E-state index is 5.48. The van der Waals surface area contributed by atoms with Gasteiger partial charge < -0.3 is 15.4 Å². The van der Waals surface area contributed by atoms with Gasteiger partial charge in [-0.3, -0.25) is 4.99 Å². The zero-order valence-corrected chi connectivity index (χ0v) is 12.0. The summed E-state index contributed by atoms with van der Waals surface area (Å²) in [5.41, 5.74) is 0. The van der Waals surface area contributed by atoms with Crippen LogP contribution in [0.3, 0.4) is 0 Å². The largest absolute Gasteiger partial charge is 0.380 e. The van der Waals surface area contributed by atoms with Gasteiger partial charge >= 0.3 is 0 Å². The number of hydrogen-bond donors (Lipinski definition) is 2. The van der Waals surface area contributed by atoms with E-state index in [2.05, 4.69) is 43.3 Å². The Morgan fingerprint density at radius 3 is 2.47 bits per heavy atom. The lowest BCUT2D eigenvalue weighted by molar-refractivity contribution is 0.136. The van der Waals surface area contributed by atoms with E-state index in [0.29, 0.717) is 12.0 Å². The Hall–Kier alpha value is -0.770. The number of rotatable bonds is 8. The fourth-order valence-corrected chi connectivity index (χ4v) is 1.17. The highest BCUT2D eigenvalue weighted by molar-refractivity contribution is 5.79. The van der Waals surface area contributed by atoms with Gasteiger partial charge in [-0.05, 0) is 19.3 Å². The Kier molecular flexibility index (Phi) is 9.92. The molecule has 0 aromatic heterocycles. The summed E-state index contributed by atoms with van der Waals surface area (Å²) < 4.78 is 5.48. The van der Waals surface area contributed by atoms with Crippen molar-refractivity contribution in [3.63, 3.8) is 0 Å². The van der Waals surface area contributed by atoms with E-state index >= 15 is 0 Å². The molecule has 0 saturated carbocycles. The van der Waals surface area contributed by atoms with Gasteiger partial charge in [0.25, 0.3) is 0 Å². The molecule has 0 saturated heterocycles. The van der Waals surface area contributed by atoms with Gasteiger partial charge in [-0.25, -0.2) is 0 Å². The quantitative estimate of drug-likeness (QED) is 0.389. The smallest absolute Gasteiger partial charge is 0.191 e. The minimum absolute atomic E-state index is 0.419. The Morgan fingerprint density at radius 1 is 1.24 bits per heavy atom. The van der Waals surface area contributed by atoms with Crippen molar-refractivity contribution in [3.05, 3.63) is 0 Å². The second-order valence-corrected chi connectivity index (χ2v) is 4.64. The standard InChI is InChI=1S/C13H29N3O/c1-6-7-9-17-10-8-15-13(14-5)16-12(4)11(2)3/h11-12H,6-10H2,1-5H3,(H2,14,15,16). The molecular weight excluding hydrogens is 214 g/mol. The van der Waals surface area contributed by atoms with E-state index in [1.54, 1.807) is 7.05 Å². The summed E-state index contributed by atoms with van der Waals surface area (Å²) in [5.74, 6) is 1.44. The second kappa shape index (κ2) is 10.4. The maximum atomic E-state index is 5.48. The van der Waals surface area contributed by atoms with Crippen molar-refractivity contribution in [2.45, 2.75) is 46.6 Å². The van der Waals surface area contributed by atoms with Gasteiger partial charge in [0.15, 0.2) is 5.96 Å². The summed E-state index contributed by atoms with van der Waals surface area (Å²) in [7, 11) is 1.79. The zero-order chi connectivity index (χ0) is 13.1. The van der Waals surface area contributed by atoms with Crippen molar-refractivity contribution in [1.82, 2.24) is 10.6 Å². The third-order valence-corrected chi connectivity index (χ3v) is 2.77. The first-order valence-corrected chi connectivity index (χ1v) is 6.66. The number of guanidine groups is 1. The molecule has 1 unspecified atom stereocenters. The lowest BCUT2D eigenvalue weighted by Crippen LogP contribution is -2.45. The van der Waals surface area contributed by atoms with Crippen LogP contribution in [0.5, 0.6) is 0 Å². The molecule has 0 heterocycles. The van der Waals surface area contributed by atoms with E-state index in [1.807, 2.05) is 0 Å². The molecule has 0 aliphatic rings. The molecule has 0 aliphatic carbocycles. The van der Waals surface area contributed by atoms with Gasteiger partial charge in [0.05, 0.1) is 6.61 Å². The van der Waals surface area contributed by atoms with Gasteiger partial charge in [-0.15, -0.1) is 0 Å². The fraction of sp³-hybridized carbons (Fsp3) is 0.923. The molecule has 0 aromatic carbocycles.